The minimum absolute atomic E-state index is 0.0602. The van der Waals surface area contributed by atoms with E-state index in [1.165, 1.54) is 0 Å². The van der Waals surface area contributed by atoms with Crippen LogP contribution >= 0.6 is 0 Å². The van der Waals surface area contributed by atoms with Gasteiger partial charge < -0.3 is 10.8 Å². The normalized spacial score (nSPS) is 8.90. The van der Waals surface area contributed by atoms with Crippen molar-refractivity contribution < 1.29 is 9.90 Å². The van der Waals surface area contributed by atoms with Gasteiger partial charge in [0.2, 0.25) is 5.96 Å². The lowest BCUT2D eigenvalue weighted by molar-refractivity contribution is -0.137. The molecule has 6 heteroatoms. The van der Waals surface area contributed by atoms with Gasteiger partial charge in [-0.15, -0.1) is 0 Å². The second-order valence-corrected chi connectivity index (χ2v) is 1.72. The van der Waals surface area contributed by atoms with Crippen LogP contribution in [0.2, 0.25) is 0 Å². The summed E-state index contributed by atoms with van der Waals surface area (Å²) < 4.78 is 0. The molecule has 0 aromatic rings. The lowest BCUT2D eigenvalue weighted by Crippen LogP contribution is -2.43. The molecule has 0 unspecified atom stereocenters. The van der Waals surface area contributed by atoms with E-state index in [2.05, 4.69) is 0 Å². The van der Waals surface area contributed by atoms with E-state index in [-0.39, 0.29) is 18.9 Å². The van der Waals surface area contributed by atoms with Crippen LogP contribution < -0.4 is 11.6 Å². The molecule has 0 aromatic carbocycles. The zero-order valence-corrected chi connectivity index (χ0v) is 5.37. The van der Waals surface area contributed by atoms with Crippen molar-refractivity contribution in [2.24, 2.45) is 11.6 Å². The standard InChI is InChI=1S/C4H10N4O2/c5-4(6)8(7)2-1-3(9)10/h1-2,7H2,(H3,5,6)(H,9,10). The quantitative estimate of drug-likeness (QED) is 0.168. The number of nitrogens with zero attached hydrogens (tertiary/aromatic N) is 1. The van der Waals surface area contributed by atoms with Crippen LogP contribution in [0.15, 0.2) is 0 Å². The molecule has 0 radical (unpaired) electrons. The highest BCUT2D eigenvalue weighted by Gasteiger charge is 2.02. The van der Waals surface area contributed by atoms with Gasteiger partial charge in [0.05, 0.1) is 6.42 Å². The molecule has 0 atom stereocenters. The number of hydrogen-bond acceptors (Lipinski definition) is 3. The van der Waals surface area contributed by atoms with E-state index in [0.29, 0.717) is 0 Å². The van der Waals surface area contributed by atoms with Crippen molar-refractivity contribution in [2.75, 3.05) is 6.54 Å². The summed E-state index contributed by atoms with van der Waals surface area (Å²) in [5.41, 5.74) is 4.91. The van der Waals surface area contributed by atoms with Crippen LogP contribution in [0.3, 0.4) is 0 Å². The van der Waals surface area contributed by atoms with Gasteiger partial charge in [-0.05, 0) is 0 Å². The van der Waals surface area contributed by atoms with Crippen molar-refractivity contribution in [3.05, 3.63) is 0 Å². The smallest absolute Gasteiger partial charge is 0.305 e. The monoisotopic (exact) mass is 146 g/mol. The highest BCUT2D eigenvalue weighted by atomic mass is 16.4. The third-order valence-electron chi connectivity index (χ3n) is 0.876. The summed E-state index contributed by atoms with van der Waals surface area (Å²) in [6, 6.07) is 0. The number of hydrogen-bond donors (Lipinski definition) is 4. The molecular weight excluding hydrogens is 136 g/mol. The Morgan fingerprint density at radius 3 is 2.50 bits per heavy atom. The SMILES string of the molecule is N=C(N)N(N)CCC(=O)O. The molecule has 0 aliphatic carbocycles. The molecule has 10 heavy (non-hydrogen) atoms. The Hall–Kier alpha value is -1.30. The highest BCUT2D eigenvalue weighted by Crippen LogP contribution is 1.81. The van der Waals surface area contributed by atoms with E-state index in [0.717, 1.165) is 5.01 Å². The van der Waals surface area contributed by atoms with E-state index in [9.17, 15) is 4.79 Å². The Labute approximate surface area is 57.9 Å². The molecule has 0 fully saturated rings. The summed E-state index contributed by atoms with van der Waals surface area (Å²) in [7, 11) is 0. The fraction of sp³-hybridized carbons (Fsp3) is 0.500. The molecule has 0 aromatic heterocycles. The second kappa shape index (κ2) is 3.67. The minimum atomic E-state index is -0.961. The van der Waals surface area contributed by atoms with Gasteiger partial charge in [-0.1, -0.05) is 0 Å². The van der Waals surface area contributed by atoms with Crippen molar-refractivity contribution in [3.8, 4) is 0 Å². The average molecular weight is 146 g/mol. The zero-order valence-electron chi connectivity index (χ0n) is 5.37. The number of nitrogens with one attached hydrogen (secondary N) is 1. The van der Waals surface area contributed by atoms with Crippen molar-refractivity contribution >= 4 is 11.9 Å². The van der Waals surface area contributed by atoms with Crippen LogP contribution in [-0.2, 0) is 4.79 Å². The van der Waals surface area contributed by atoms with Gasteiger partial charge in [-0.25, -0.2) is 5.84 Å². The maximum atomic E-state index is 9.93. The lowest BCUT2D eigenvalue weighted by atomic mass is 10.4. The van der Waals surface area contributed by atoms with Crippen LogP contribution in [0, 0.1) is 5.41 Å². The maximum Gasteiger partial charge on any atom is 0.305 e. The first-order chi connectivity index (χ1) is 4.54. The number of guanidine groups is 1. The second-order valence-electron chi connectivity index (χ2n) is 1.72. The Morgan fingerprint density at radius 1 is 1.70 bits per heavy atom. The average Bonchev–Trinajstić information content (AvgIpc) is 1.82. The molecule has 0 bridgehead atoms. The Morgan fingerprint density at radius 2 is 2.20 bits per heavy atom. The topological polar surface area (TPSA) is 116 Å². The summed E-state index contributed by atoms with van der Waals surface area (Å²) in [4.78, 5) is 9.93. The van der Waals surface area contributed by atoms with E-state index in [4.69, 9.17) is 22.1 Å². The summed E-state index contributed by atoms with van der Waals surface area (Å²) in [5.74, 6) is 3.79. The molecule has 0 aliphatic heterocycles. The summed E-state index contributed by atoms with van der Waals surface area (Å²) >= 11 is 0. The van der Waals surface area contributed by atoms with Gasteiger partial charge in [0, 0.05) is 6.54 Å². The van der Waals surface area contributed by atoms with Crippen molar-refractivity contribution in [3.63, 3.8) is 0 Å². The summed E-state index contributed by atoms with van der Waals surface area (Å²) in [6.45, 7) is 0.0602. The van der Waals surface area contributed by atoms with Gasteiger partial charge in [0.15, 0.2) is 0 Å². The maximum absolute atomic E-state index is 9.93. The van der Waals surface area contributed by atoms with Gasteiger partial charge in [-0.3, -0.25) is 15.2 Å². The molecule has 0 spiro atoms. The van der Waals surface area contributed by atoms with Crippen molar-refractivity contribution in [1.29, 1.82) is 5.41 Å². The lowest BCUT2D eigenvalue weighted by Gasteiger charge is -2.13. The fourth-order valence-corrected chi connectivity index (χ4v) is 0.337. The molecule has 0 amide bonds. The predicted octanol–water partition coefficient (Wildman–Crippen LogP) is -1.47. The number of rotatable bonds is 3. The van der Waals surface area contributed by atoms with Gasteiger partial charge in [-0.2, -0.15) is 0 Å². The molecule has 0 saturated heterocycles. The molecule has 6 nitrogen and oxygen atoms in total. The van der Waals surface area contributed by atoms with Crippen LogP contribution in [0.1, 0.15) is 6.42 Å². The van der Waals surface area contributed by atoms with E-state index < -0.39 is 5.97 Å². The summed E-state index contributed by atoms with van der Waals surface area (Å²) in [5, 5.41) is 15.8. The predicted molar refractivity (Wildman–Crippen MR) is 35.1 cm³/mol. The van der Waals surface area contributed by atoms with Gasteiger partial charge in [0.1, 0.15) is 0 Å². The molecule has 0 heterocycles. The number of carboxylic acid groups (broad SMARTS) is 1. The first-order valence-corrected chi connectivity index (χ1v) is 2.62. The molecule has 0 rings (SSSR count). The van der Waals surface area contributed by atoms with E-state index >= 15 is 0 Å². The van der Waals surface area contributed by atoms with Gasteiger partial charge >= 0.3 is 5.97 Å². The largest absolute Gasteiger partial charge is 0.481 e. The van der Waals surface area contributed by atoms with Crippen molar-refractivity contribution in [2.45, 2.75) is 6.42 Å². The Balaban J connectivity index is 3.49. The molecule has 0 aliphatic rings. The number of nitrogens with two attached hydrogens (primary N) is 2. The number of carboxylic acids is 1. The van der Waals surface area contributed by atoms with Gasteiger partial charge in [0.25, 0.3) is 0 Å². The number of carbonyl (C=O) groups is 1. The van der Waals surface area contributed by atoms with E-state index in [1.807, 2.05) is 0 Å². The molecular formula is C4H10N4O2. The summed E-state index contributed by atoms with van der Waals surface area (Å²) in [6.07, 6.45) is -0.115. The number of hydrazine groups is 1. The molecule has 6 N–H and O–H groups in total. The van der Waals surface area contributed by atoms with Crippen LogP contribution in [0.5, 0.6) is 0 Å². The van der Waals surface area contributed by atoms with E-state index in [1.54, 1.807) is 0 Å². The van der Waals surface area contributed by atoms with Crippen LogP contribution in [-0.4, -0.2) is 28.6 Å². The molecule has 58 valence electrons. The van der Waals surface area contributed by atoms with Crippen molar-refractivity contribution in [1.82, 2.24) is 5.01 Å². The van der Waals surface area contributed by atoms with Crippen LogP contribution in [0.25, 0.3) is 0 Å². The third kappa shape index (κ3) is 3.67. The highest BCUT2D eigenvalue weighted by molar-refractivity contribution is 5.74. The zero-order chi connectivity index (χ0) is 8.15. The first-order valence-electron chi connectivity index (χ1n) is 2.62. The minimum Gasteiger partial charge on any atom is -0.481 e. The third-order valence-corrected chi connectivity index (χ3v) is 0.876. The Bertz CT molecular complexity index is 146. The molecule has 0 saturated carbocycles. The Kier molecular flexibility index (Phi) is 3.20. The fourth-order valence-electron chi connectivity index (χ4n) is 0.337. The first kappa shape index (κ1) is 8.70. The van der Waals surface area contributed by atoms with Crippen LogP contribution in [0.4, 0.5) is 0 Å². The number of aliphatic carboxylic acids is 1.